The molecule has 0 amide bonds. The second-order valence-corrected chi connectivity index (χ2v) is 7.86. The van der Waals surface area contributed by atoms with Gasteiger partial charge in [-0.1, -0.05) is 30.1 Å². The molecule has 0 saturated carbocycles. The molecule has 2 aromatic heterocycles. The van der Waals surface area contributed by atoms with Gasteiger partial charge in [0.25, 0.3) is 0 Å². The van der Waals surface area contributed by atoms with Crippen LogP contribution in [0.15, 0.2) is 24.7 Å². The van der Waals surface area contributed by atoms with E-state index >= 15 is 0 Å². The molecule has 8 heteroatoms. The van der Waals surface area contributed by atoms with Gasteiger partial charge in [-0.3, -0.25) is 4.40 Å². The van der Waals surface area contributed by atoms with Crippen LogP contribution in [-0.2, 0) is 4.74 Å². The molecular weight excluding hydrogens is 411 g/mol. The van der Waals surface area contributed by atoms with Gasteiger partial charge in [-0.2, -0.15) is 0 Å². The van der Waals surface area contributed by atoms with E-state index in [0.29, 0.717) is 25.0 Å². The van der Waals surface area contributed by atoms with Crippen molar-refractivity contribution in [3.05, 3.63) is 51.8 Å². The summed E-state index contributed by atoms with van der Waals surface area (Å²) in [6.45, 7) is 9.72. The summed E-state index contributed by atoms with van der Waals surface area (Å²) in [5.74, 6) is 1.66. The number of hydrogen-bond donors (Lipinski definition) is 0. The minimum absolute atomic E-state index is 0.0598. The molecule has 6 nitrogen and oxygen atoms in total. The van der Waals surface area contributed by atoms with E-state index in [0.717, 1.165) is 52.0 Å². The SMILES string of the molecule is CCOc1c(C(C)c2ncc3c(Cl)nccn23)cc(Cl)c(C)c1N1CCOCC1. The maximum absolute atomic E-state index is 6.69. The summed E-state index contributed by atoms with van der Waals surface area (Å²) in [6, 6.07) is 2.00. The van der Waals surface area contributed by atoms with Crippen molar-refractivity contribution >= 4 is 34.4 Å². The van der Waals surface area contributed by atoms with Crippen LogP contribution in [0.4, 0.5) is 5.69 Å². The minimum atomic E-state index is -0.0598. The summed E-state index contributed by atoms with van der Waals surface area (Å²) >= 11 is 12.9. The molecule has 1 aliphatic heterocycles. The number of benzene rings is 1. The summed E-state index contributed by atoms with van der Waals surface area (Å²) < 4.78 is 13.7. The lowest BCUT2D eigenvalue weighted by atomic mass is 9.95. The van der Waals surface area contributed by atoms with Crippen molar-refractivity contribution in [2.75, 3.05) is 37.8 Å². The zero-order valence-corrected chi connectivity index (χ0v) is 18.3. The maximum atomic E-state index is 6.69. The third-order valence-corrected chi connectivity index (χ3v) is 6.07. The average Bonchev–Trinajstić information content (AvgIpc) is 3.16. The van der Waals surface area contributed by atoms with Crippen molar-refractivity contribution in [3.8, 4) is 5.75 Å². The van der Waals surface area contributed by atoms with E-state index in [4.69, 9.17) is 32.7 Å². The van der Waals surface area contributed by atoms with Crippen LogP contribution in [0.2, 0.25) is 10.2 Å². The molecule has 0 aliphatic carbocycles. The van der Waals surface area contributed by atoms with Crippen LogP contribution >= 0.6 is 23.2 Å². The second kappa shape index (κ2) is 8.38. The van der Waals surface area contributed by atoms with Crippen LogP contribution in [0.1, 0.15) is 36.7 Å². The first-order chi connectivity index (χ1) is 14.0. The van der Waals surface area contributed by atoms with Crippen molar-refractivity contribution in [2.45, 2.75) is 26.7 Å². The molecule has 1 aliphatic rings. The van der Waals surface area contributed by atoms with E-state index in [1.165, 1.54) is 0 Å². The van der Waals surface area contributed by atoms with Crippen LogP contribution in [0, 0.1) is 6.92 Å². The van der Waals surface area contributed by atoms with Crippen molar-refractivity contribution in [1.29, 1.82) is 0 Å². The highest BCUT2D eigenvalue weighted by Crippen LogP contribution is 2.44. The standard InChI is InChI=1S/C21H24Cl2N4O2/c1-4-29-19-15(11-16(22)14(3)18(19)26-7-9-28-10-8-26)13(2)21-25-12-17-20(23)24-5-6-27(17)21/h5-6,11-13H,4,7-10H2,1-3H3. The lowest BCUT2D eigenvalue weighted by molar-refractivity contribution is 0.122. The fourth-order valence-electron chi connectivity index (χ4n) is 3.89. The van der Waals surface area contributed by atoms with Crippen molar-refractivity contribution in [1.82, 2.24) is 14.4 Å². The number of hydrogen-bond acceptors (Lipinski definition) is 5. The van der Waals surface area contributed by atoms with Crippen LogP contribution in [-0.4, -0.2) is 47.3 Å². The van der Waals surface area contributed by atoms with Crippen LogP contribution in [0.3, 0.4) is 0 Å². The Balaban J connectivity index is 1.87. The topological polar surface area (TPSA) is 51.9 Å². The Morgan fingerprint density at radius 1 is 1.24 bits per heavy atom. The number of anilines is 1. The predicted molar refractivity (Wildman–Crippen MR) is 116 cm³/mol. The number of nitrogens with zero attached hydrogens (tertiary/aromatic N) is 4. The Kier molecular flexibility index (Phi) is 5.86. The molecule has 29 heavy (non-hydrogen) atoms. The molecule has 1 saturated heterocycles. The number of aromatic nitrogens is 3. The van der Waals surface area contributed by atoms with Crippen LogP contribution < -0.4 is 9.64 Å². The van der Waals surface area contributed by atoms with E-state index in [9.17, 15) is 0 Å². The van der Waals surface area contributed by atoms with Gasteiger partial charge in [0.2, 0.25) is 0 Å². The fourth-order valence-corrected chi connectivity index (χ4v) is 4.29. The highest BCUT2D eigenvalue weighted by atomic mass is 35.5. The average molecular weight is 435 g/mol. The first kappa shape index (κ1) is 20.3. The third-order valence-electron chi connectivity index (χ3n) is 5.38. The van der Waals surface area contributed by atoms with Crippen molar-refractivity contribution in [3.63, 3.8) is 0 Å². The Hall–Kier alpha value is -2.02. The number of fused-ring (bicyclic) bond motifs is 1. The van der Waals surface area contributed by atoms with E-state index in [1.807, 2.05) is 30.5 Å². The van der Waals surface area contributed by atoms with E-state index in [2.05, 4.69) is 21.8 Å². The number of ether oxygens (including phenoxy) is 2. The first-order valence-corrected chi connectivity index (χ1v) is 10.5. The van der Waals surface area contributed by atoms with Gasteiger partial charge >= 0.3 is 0 Å². The molecule has 1 fully saturated rings. The Bertz CT molecular complexity index is 1030. The smallest absolute Gasteiger partial charge is 0.154 e. The van der Waals surface area contributed by atoms with Gasteiger partial charge in [0.15, 0.2) is 5.15 Å². The predicted octanol–water partition coefficient (Wildman–Crippen LogP) is 4.73. The molecular formula is C21H24Cl2N4O2. The van der Waals surface area contributed by atoms with Gasteiger partial charge in [0.05, 0.1) is 31.7 Å². The first-order valence-electron chi connectivity index (χ1n) is 9.78. The van der Waals surface area contributed by atoms with Gasteiger partial charge in [0, 0.05) is 42.0 Å². The zero-order valence-electron chi connectivity index (χ0n) is 16.8. The molecule has 0 spiro atoms. The van der Waals surface area contributed by atoms with Crippen molar-refractivity contribution in [2.24, 2.45) is 0 Å². The van der Waals surface area contributed by atoms with Gasteiger partial charge in [-0.15, -0.1) is 0 Å². The third kappa shape index (κ3) is 3.65. The number of imidazole rings is 1. The van der Waals surface area contributed by atoms with E-state index < -0.39 is 0 Å². The molecule has 0 N–H and O–H groups in total. The van der Waals surface area contributed by atoms with E-state index in [-0.39, 0.29) is 5.92 Å². The van der Waals surface area contributed by atoms with Crippen LogP contribution in [0.25, 0.3) is 5.52 Å². The molecule has 1 unspecified atom stereocenters. The highest BCUT2D eigenvalue weighted by molar-refractivity contribution is 6.32. The summed E-state index contributed by atoms with van der Waals surface area (Å²) in [5, 5.41) is 1.15. The van der Waals surface area contributed by atoms with Crippen molar-refractivity contribution < 1.29 is 9.47 Å². The van der Waals surface area contributed by atoms with Gasteiger partial charge in [-0.25, -0.2) is 9.97 Å². The van der Waals surface area contributed by atoms with Gasteiger partial charge in [0.1, 0.15) is 17.1 Å². The molecule has 0 bridgehead atoms. The molecule has 1 atom stereocenters. The lowest BCUT2D eigenvalue weighted by Gasteiger charge is -2.33. The quantitative estimate of drug-likeness (QED) is 0.580. The molecule has 0 radical (unpaired) electrons. The maximum Gasteiger partial charge on any atom is 0.154 e. The number of morpholine rings is 1. The van der Waals surface area contributed by atoms with Gasteiger partial charge in [-0.05, 0) is 25.5 Å². The molecule has 1 aromatic carbocycles. The summed E-state index contributed by atoms with van der Waals surface area (Å²) in [4.78, 5) is 11.1. The number of rotatable bonds is 5. The Morgan fingerprint density at radius 2 is 2.00 bits per heavy atom. The van der Waals surface area contributed by atoms with E-state index in [1.54, 1.807) is 12.4 Å². The monoisotopic (exact) mass is 434 g/mol. The molecule has 4 rings (SSSR count). The summed E-state index contributed by atoms with van der Waals surface area (Å²) in [6.07, 6.45) is 5.30. The molecule has 3 heterocycles. The Labute approximate surface area is 180 Å². The number of halogens is 2. The molecule has 3 aromatic rings. The zero-order chi connectivity index (χ0) is 20.5. The lowest BCUT2D eigenvalue weighted by Crippen LogP contribution is -2.37. The summed E-state index contributed by atoms with van der Waals surface area (Å²) in [5.41, 5.74) is 3.85. The molecule has 154 valence electrons. The highest BCUT2D eigenvalue weighted by Gasteiger charge is 2.27. The second-order valence-electron chi connectivity index (χ2n) is 7.09. The summed E-state index contributed by atoms with van der Waals surface area (Å²) in [7, 11) is 0. The van der Waals surface area contributed by atoms with Gasteiger partial charge < -0.3 is 14.4 Å². The minimum Gasteiger partial charge on any atom is -0.491 e. The fraction of sp³-hybridized carbons (Fsp3) is 0.429. The Morgan fingerprint density at radius 3 is 2.72 bits per heavy atom. The van der Waals surface area contributed by atoms with Crippen LogP contribution in [0.5, 0.6) is 5.75 Å². The normalized spacial score (nSPS) is 15.7. The largest absolute Gasteiger partial charge is 0.491 e.